The molecule has 0 bridgehead atoms. The number of anilines is 1. The Hall–Kier alpha value is -0.940. The maximum absolute atomic E-state index is 5.99. The number of rotatable bonds is 3. The third kappa shape index (κ3) is 3.04. The summed E-state index contributed by atoms with van der Waals surface area (Å²) in [5.74, 6) is 1.18. The van der Waals surface area contributed by atoms with Crippen LogP contribution in [0.25, 0.3) is 11.4 Å². The molecule has 2 rings (SSSR count). The number of aromatic nitrogens is 2. The summed E-state index contributed by atoms with van der Waals surface area (Å²) in [6.45, 7) is 6.25. The third-order valence-corrected chi connectivity index (χ3v) is 5.24. The quantitative estimate of drug-likeness (QED) is 0.806. The number of halogens is 2. The highest BCUT2D eigenvalue weighted by Crippen LogP contribution is 2.30. The van der Waals surface area contributed by atoms with Gasteiger partial charge in [-0.25, -0.2) is 9.97 Å². The highest BCUT2D eigenvalue weighted by molar-refractivity contribution is 9.11. The molecular formula is C15H17Br2N3. The van der Waals surface area contributed by atoms with Crippen LogP contribution in [0.4, 0.5) is 5.82 Å². The fourth-order valence-electron chi connectivity index (χ4n) is 2.12. The number of hydrogen-bond donors (Lipinski definition) is 1. The van der Waals surface area contributed by atoms with Crippen molar-refractivity contribution < 1.29 is 0 Å². The Labute approximate surface area is 136 Å². The lowest BCUT2D eigenvalue weighted by Gasteiger charge is -2.11. The van der Waals surface area contributed by atoms with Gasteiger partial charge in [-0.05, 0) is 59.5 Å². The topological polar surface area (TPSA) is 51.8 Å². The fourth-order valence-corrected chi connectivity index (χ4v) is 2.72. The monoisotopic (exact) mass is 397 g/mol. The van der Waals surface area contributed by atoms with Gasteiger partial charge in [-0.3, -0.25) is 0 Å². The summed E-state index contributed by atoms with van der Waals surface area (Å²) in [5.41, 5.74) is 10.3. The molecular weight excluding hydrogens is 382 g/mol. The van der Waals surface area contributed by atoms with Crippen molar-refractivity contribution in [2.24, 2.45) is 0 Å². The van der Waals surface area contributed by atoms with Gasteiger partial charge in [0, 0.05) is 10.0 Å². The van der Waals surface area contributed by atoms with E-state index in [2.05, 4.69) is 74.7 Å². The van der Waals surface area contributed by atoms with Crippen LogP contribution < -0.4 is 5.73 Å². The lowest BCUT2D eigenvalue weighted by atomic mass is 10.1. The van der Waals surface area contributed by atoms with Crippen molar-refractivity contribution in [2.75, 3.05) is 5.73 Å². The molecule has 3 nitrogen and oxygen atoms in total. The number of aryl methyl sites for hydroxylation is 3. The molecule has 2 N–H and O–H groups in total. The first kappa shape index (κ1) is 15.4. The molecule has 0 unspecified atom stereocenters. The van der Waals surface area contributed by atoms with Crippen LogP contribution in [0.15, 0.2) is 21.1 Å². The van der Waals surface area contributed by atoms with E-state index in [9.17, 15) is 0 Å². The Balaban J connectivity index is 2.58. The van der Waals surface area contributed by atoms with E-state index in [1.807, 2.05) is 0 Å². The minimum absolute atomic E-state index is 0.497. The van der Waals surface area contributed by atoms with E-state index in [0.717, 1.165) is 33.0 Å². The van der Waals surface area contributed by atoms with Gasteiger partial charge < -0.3 is 5.73 Å². The second kappa shape index (κ2) is 6.22. The highest BCUT2D eigenvalue weighted by atomic mass is 79.9. The van der Waals surface area contributed by atoms with Gasteiger partial charge in [0.2, 0.25) is 0 Å². The molecule has 1 aromatic heterocycles. The summed E-state index contributed by atoms with van der Waals surface area (Å²) in [4.78, 5) is 9.05. The predicted octanol–water partition coefficient (Wildman–Crippen LogP) is 4.82. The van der Waals surface area contributed by atoms with Crippen LogP contribution in [0.2, 0.25) is 0 Å². The first-order chi connectivity index (χ1) is 9.43. The van der Waals surface area contributed by atoms with Crippen molar-refractivity contribution in [1.82, 2.24) is 9.97 Å². The molecule has 0 saturated heterocycles. The minimum atomic E-state index is 0.497. The van der Waals surface area contributed by atoms with Crippen molar-refractivity contribution in [3.8, 4) is 11.4 Å². The van der Waals surface area contributed by atoms with E-state index in [4.69, 9.17) is 5.73 Å². The van der Waals surface area contributed by atoms with Crippen molar-refractivity contribution >= 4 is 37.7 Å². The molecule has 0 radical (unpaired) electrons. The number of nitrogens with zero attached hydrogens (tertiary/aromatic N) is 2. The Morgan fingerprint density at radius 2 is 1.65 bits per heavy atom. The third-order valence-electron chi connectivity index (χ3n) is 3.13. The van der Waals surface area contributed by atoms with Crippen LogP contribution in [0.5, 0.6) is 0 Å². The van der Waals surface area contributed by atoms with E-state index in [1.165, 1.54) is 11.1 Å². The van der Waals surface area contributed by atoms with E-state index < -0.39 is 0 Å². The van der Waals surface area contributed by atoms with E-state index >= 15 is 0 Å². The summed E-state index contributed by atoms with van der Waals surface area (Å²) < 4.78 is 1.94. The minimum Gasteiger partial charge on any atom is -0.383 e. The maximum Gasteiger partial charge on any atom is 0.161 e. The van der Waals surface area contributed by atoms with Crippen LogP contribution in [0.1, 0.15) is 30.2 Å². The molecule has 0 aliphatic carbocycles. The van der Waals surface area contributed by atoms with Crippen LogP contribution in [-0.2, 0) is 6.42 Å². The number of nitrogens with two attached hydrogens (primary N) is 1. The number of benzene rings is 1. The first-order valence-electron chi connectivity index (χ1n) is 6.53. The molecule has 20 heavy (non-hydrogen) atoms. The number of nitrogen functional groups attached to an aromatic ring is 1. The molecule has 2 aromatic rings. The molecule has 5 heteroatoms. The lowest BCUT2D eigenvalue weighted by Crippen LogP contribution is -2.03. The summed E-state index contributed by atoms with van der Waals surface area (Å²) >= 11 is 7.05. The lowest BCUT2D eigenvalue weighted by molar-refractivity contribution is 0.870. The molecule has 0 aliphatic rings. The van der Waals surface area contributed by atoms with Gasteiger partial charge in [0.05, 0.1) is 10.2 Å². The standard InChI is InChI=1S/C15H17Br2N3/c1-4-5-11-13(17)14(18)20-15(19-11)10-6-8(2)12(16)9(3)7-10/h6-7H,4-5H2,1-3H3,(H2,18,19,20). The van der Waals surface area contributed by atoms with E-state index in [0.29, 0.717) is 11.6 Å². The second-order valence-corrected chi connectivity index (χ2v) is 6.45. The smallest absolute Gasteiger partial charge is 0.161 e. The fraction of sp³-hybridized carbons (Fsp3) is 0.333. The van der Waals surface area contributed by atoms with Crippen LogP contribution in [0.3, 0.4) is 0 Å². The van der Waals surface area contributed by atoms with Gasteiger partial charge in [0.15, 0.2) is 5.82 Å². The van der Waals surface area contributed by atoms with Crippen LogP contribution in [0, 0.1) is 13.8 Å². The van der Waals surface area contributed by atoms with Crippen molar-refractivity contribution in [2.45, 2.75) is 33.6 Å². The van der Waals surface area contributed by atoms with Crippen molar-refractivity contribution in [3.63, 3.8) is 0 Å². The SMILES string of the molecule is CCCc1nc(-c2cc(C)c(Br)c(C)c2)nc(N)c1Br. The van der Waals surface area contributed by atoms with Gasteiger partial charge in [-0.1, -0.05) is 29.3 Å². The van der Waals surface area contributed by atoms with Gasteiger partial charge in [-0.15, -0.1) is 0 Å². The molecule has 1 heterocycles. The van der Waals surface area contributed by atoms with Crippen molar-refractivity contribution in [3.05, 3.63) is 37.9 Å². The van der Waals surface area contributed by atoms with Crippen LogP contribution in [-0.4, -0.2) is 9.97 Å². The first-order valence-corrected chi connectivity index (χ1v) is 8.11. The Bertz CT molecular complexity index is 631. The molecule has 0 atom stereocenters. The zero-order chi connectivity index (χ0) is 14.9. The maximum atomic E-state index is 5.99. The average molecular weight is 399 g/mol. The van der Waals surface area contributed by atoms with Crippen LogP contribution >= 0.6 is 31.9 Å². The van der Waals surface area contributed by atoms with Gasteiger partial charge in [0.1, 0.15) is 5.82 Å². The summed E-state index contributed by atoms with van der Waals surface area (Å²) in [6, 6.07) is 4.16. The summed E-state index contributed by atoms with van der Waals surface area (Å²) in [6.07, 6.45) is 1.90. The zero-order valence-corrected chi connectivity index (χ0v) is 15.0. The van der Waals surface area contributed by atoms with Gasteiger partial charge >= 0.3 is 0 Å². The van der Waals surface area contributed by atoms with Gasteiger partial charge in [0.25, 0.3) is 0 Å². The average Bonchev–Trinajstić information content (AvgIpc) is 2.40. The molecule has 1 aromatic carbocycles. The van der Waals surface area contributed by atoms with Crippen molar-refractivity contribution in [1.29, 1.82) is 0 Å². The number of hydrogen-bond acceptors (Lipinski definition) is 3. The normalized spacial score (nSPS) is 10.8. The van der Waals surface area contributed by atoms with E-state index in [-0.39, 0.29) is 0 Å². The Morgan fingerprint density at radius 1 is 1.05 bits per heavy atom. The molecule has 0 spiro atoms. The summed E-state index contributed by atoms with van der Waals surface area (Å²) in [7, 11) is 0. The highest BCUT2D eigenvalue weighted by Gasteiger charge is 2.12. The molecule has 106 valence electrons. The molecule has 0 fully saturated rings. The van der Waals surface area contributed by atoms with E-state index in [1.54, 1.807) is 0 Å². The Morgan fingerprint density at radius 3 is 2.20 bits per heavy atom. The molecule has 0 amide bonds. The Kier molecular flexibility index (Phi) is 4.81. The second-order valence-electron chi connectivity index (χ2n) is 4.87. The summed E-state index contributed by atoms with van der Waals surface area (Å²) in [5, 5.41) is 0. The van der Waals surface area contributed by atoms with Gasteiger partial charge in [-0.2, -0.15) is 0 Å². The zero-order valence-electron chi connectivity index (χ0n) is 11.8. The molecule has 0 aliphatic heterocycles. The largest absolute Gasteiger partial charge is 0.383 e. The molecule has 0 saturated carbocycles. The predicted molar refractivity (Wildman–Crippen MR) is 90.7 cm³/mol.